The fourth-order valence-electron chi connectivity index (χ4n) is 3.44. The summed E-state index contributed by atoms with van der Waals surface area (Å²) < 4.78 is 25.1. The molecule has 2 heterocycles. The summed E-state index contributed by atoms with van der Waals surface area (Å²) in [6.07, 6.45) is 3.19. The summed E-state index contributed by atoms with van der Waals surface area (Å²) in [6, 6.07) is 7.42. The number of fused-ring (bicyclic) bond motifs is 2. The van der Waals surface area contributed by atoms with Crippen LogP contribution in [0.3, 0.4) is 0 Å². The maximum atomic E-state index is 13.0. The molecule has 7 heteroatoms. The molecule has 0 saturated carbocycles. The van der Waals surface area contributed by atoms with Crippen molar-refractivity contribution < 1.29 is 13.2 Å². The molecule has 1 amide bonds. The van der Waals surface area contributed by atoms with Crippen molar-refractivity contribution in [1.29, 1.82) is 0 Å². The van der Waals surface area contributed by atoms with Gasteiger partial charge in [-0.3, -0.25) is 4.79 Å². The molecule has 0 radical (unpaired) electrons. The Kier molecular flexibility index (Phi) is 5.94. The lowest BCUT2D eigenvalue weighted by molar-refractivity contribution is 0.0744. The molecule has 0 spiro atoms. The minimum Gasteiger partial charge on any atom is -0.337 e. The molecule has 1 aromatic carbocycles. The van der Waals surface area contributed by atoms with Crippen molar-refractivity contribution >= 4 is 28.2 Å². The van der Waals surface area contributed by atoms with Crippen LogP contribution < -0.4 is 5.32 Å². The van der Waals surface area contributed by atoms with E-state index < -0.39 is 15.1 Å². The number of rotatable bonds is 3. The zero-order valence-electron chi connectivity index (χ0n) is 14.1. The number of halogens is 1. The molecule has 2 aliphatic heterocycles. The van der Waals surface area contributed by atoms with Gasteiger partial charge in [-0.25, -0.2) is 8.42 Å². The number of nitrogens with zero attached hydrogens (tertiary/aromatic N) is 1. The molecule has 2 saturated heterocycles. The molecule has 3 rings (SSSR count). The molecular weight excluding hydrogens is 348 g/mol. The second-order valence-corrected chi connectivity index (χ2v) is 9.24. The molecule has 0 aromatic heterocycles. The summed E-state index contributed by atoms with van der Waals surface area (Å²) in [5.41, 5.74) is 0.305. The Morgan fingerprint density at radius 1 is 1.17 bits per heavy atom. The number of amides is 1. The standard InChI is InChI=1S/C17H24N2O3S.ClH/c1-12(2)23(21,22)16-6-4-3-5-15(16)17(20)19-10-9-13-7-8-14(11-19)18-13;/h3-6,12-14,18H,7-11H2,1-2H3;1H. The van der Waals surface area contributed by atoms with Gasteiger partial charge in [-0.15, -0.1) is 12.4 Å². The number of carbonyl (C=O) groups is 1. The minimum atomic E-state index is -3.47. The first-order chi connectivity index (χ1) is 10.9. The number of carbonyl (C=O) groups excluding carboxylic acids is 1. The van der Waals surface area contributed by atoms with Crippen molar-refractivity contribution in [3.05, 3.63) is 29.8 Å². The number of likely N-dealkylation sites (tertiary alicyclic amines) is 1. The second kappa shape index (κ2) is 7.42. The smallest absolute Gasteiger partial charge is 0.255 e. The molecule has 24 heavy (non-hydrogen) atoms. The summed E-state index contributed by atoms with van der Waals surface area (Å²) >= 11 is 0. The number of benzene rings is 1. The molecule has 2 atom stereocenters. The summed E-state index contributed by atoms with van der Waals surface area (Å²) in [4.78, 5) is 14.9. The molecule has 2 bridgehead atoms. The maximum Gasteiger partial charge on any atom is 0.255 e. The summed E-state index contributed by atoms with van der Waals surface area (Å²) in [5, 5.41) is 3.00. The topological polar surface area (TPSA) is 66.5 Å². The van der Waals surface area contributed by atoms with Gasteiger partial charge in [-0.05, 0) is 45.2 Å². The molecule has 0 aliphatic carbocycles. The fraction of sp³-hybridized carbons (Fsp3) is 0.588. The van der Waals surface area contributed by atoms with Crippen LogP contribution in [0.4, 0.5) is 0 Å². The molecule has 2 fully saturated rings. The number of hydrogen-bond acceptors (Lipinski definition) is 4. The first-order valence-electron chi connectivity index (χ1n) is 8.28. The van der Waals surface area contributed by atoms with E-state index in [0.29, 0.717) is 30.7 Å². The van der Waals surface area contributed by atoms with Crippen molar-refractivity contribution in [2.75, 3.05) is 13.1 Å². The van der Waals surface area contributed by atoms with Gasteiger partial charge in [0, 0.05) is 25.2 Å². The van der Waals surface area contributed by atoms with Gasteiger partial charge < -0.3 is 10.2 Å². The molecular formula is C17H25ClN2O3S. The van der Waals surface area contributed by atoms with Gasteiger partial charge >= 0.3 is 0 Å². The maximum absolute atomic E-state index is 13.0. The predicted molar refractivity (Wildman–Crippen MR) is 96.5 cm³/mol. The zero-order chi connectivity index (χ0) is 16.6. The van der Waals surface area contributed by atoms with Crippen molar-refractivity contribution in [3.8, 4) is 0 Å². The van der Waals surface area contributed by atoms with Crippen LogP contribution in [-0.2, 0) is 9.84 Å². The van der Waals surface area contributed by atoms with Gasteiger partial charge in [0.25, 0.3) is 5.91 Å². The first-order valence-corrected chi connectivity index (χ1v) is 9.82. The highest BCUT2D eigenvalue weighted by Gasteiger charge is 2.33. The van der Waals surface area contributed by atoms with Gasteiger partial charge in [0.15, 0.2) is 9.84 Å². The van der Waals surface area contributed by atoms with Crippen LogP contribution >= 0.6 is 12.4 Å². The minimum absolute atomic E-state index is 0. The van der Waals surface area contributed by atoms with Crippen LogP contribution in [0.15, 0.2) is 29.2 Å². The average Bonchev–Trinajstić information content (AvgIpc) is 2.85. The average molecular weight is 373 g/mol. The second-order valence-electron chi connectivity index (χ2n) is 6.77. The lowest BCUT2D eigenvalue weighted by Crippen LogP contribution is -2.39. The summed E-state index contributed by atoms with van der Waals surface area (Å²) in [6.45, 7) is 4.63. The van der Waals surface area contributed by atoms with Gasteiger partial charge in [0.2, 0.25) is 0 Å². The number of sulfone groups is 1. The van der Waals surface area contributed by atoms with Crippen LogP contribution in [0.5, 0.6) is 0 Å². The van der Waals surface area contributed by atoms with E-state index in [4.69, 9.17) is 0 Å². The summed E-state index contributed by atoms with van der Waals surface area (Å²) in [5.74, 6) is -0.167. The third-order valence-electron chi connectivity index (χ3n) is 4.86. The molecule has 1 N–H and O–H groups in total. The lowest BCUT2D eigenvalue weighted by atomic mass is 10.1. The Balaban J connectivity index is 0.00000208. The third-order valence-corrected chi connectivity index (χ3v) is 7.07. The van der Waals surface area contributed by atoms with Crippen LogP contribution in [-0.4, -0.2) is 49.6 Å². The highest BCUT2D eigenvalue weighted by Crippen LogP contribution is 2.25. The Morgan fingerprint density at radius 3 is 2.54 bits per heavy atom. The van der Waals surface area contributed by atoms with E-state index in [9.17, 15) is 13.2 Å². The zero-order valence-corrected chi connectivity index (χ0v) is 15.7. The van der Waals surface area contributed by atoms with E-state index in [1.54, 1.807) is 38.1 Å². The van der Waals surface area contributed by atoms with Crippen molar-refractivity contribution in [1.82, 2.24) is 10.2 Å². The highest BCUT2D eigenvalue weighted by atomic mass is 35.5. The van der Waals surface area contributed by atoms with E-state index in [-0.39, 0.29) is 23.2 Å². The van der Waals surface area contributed by atoms with Gasteiger partial charge in [-0.2, -0.15) is 0 Å². The molecule has 5 nitrogen and oxygen atoms in total. The van der Waals surface area contributed by atoms with Gasteiger partial charge in [-0.1, -0.05) is 12.1 Å². The number of hydrogen-bond donors (Lipinski definition) is 1. The predicted octanol–water partition coefficient (Wildman–Crippen LogP) is 2.26. The lowest BCUT2D eigenvalue weighted by Gasteiger charge is -2.25. The normalized spacial score (nSPS) is 23.7. The Hall–Kier alpha value is -1.11. The van der Waals surface area contributed by atoms with Crippen LogP contribution in [0, 0.1) is 0 Å². The Bertz CT molecular complexity index is 706. The molecule has 1 aromatic rings. The fourth-order valence-corrected chi connectivity index (χ4v) is 4.68. The van der Waals surface area contributed by atoms with Crippen molar-refractivity contribution in [2.45, 2.75) is 55.3 Å². The Labute approximate surface area is 150 Å². The molecule has 2 unspecified atom stereocenters. The Morgan fingerprint density at radius 2 is 1.83 bits per heavy atom. The largest absolute Gasteiger partial charge is 0.337 e. The molecule has 2 aliphatic rings. The third kappa shape index (κ3) is 3.60. The van der Waals surface area contributed by atoms with E-state index in [1.165, 1.54) is 6.42 Å². The first kappa shape index (κ1) is 19.2. The van der Waals surface area contributed by atoms with Crippen LogP contribution in [0.1, 0.15) is 43.5 Å². The quantitative estimate of drug-likeness (QED) is 0.883. The monoisotopic (exact) mass is 372 g/mol. The molecule has 134 valence electrons. The van der Waals surface area contributed by atoms with Gasteiger partial charge in [0.05, 0.1) is 15.7 Å². The van der Waals surface area contributed by atoms with E-state index in [1.807, 2.05) is 4.90 Å². The van der Waals surface area contributed by atoms with E-state index in [2.05, 4.69) is 5.32 Å². The highest BCUT2D eigenvalue weighted by molar-refractivity contribution is 7.92. The van der Waals surface area contributed by atoms with Crippen LogP contribution in [0.25, 0.3) is 0 Å². The van der Waals surface area contributed by atoms with E-state index >= 15 is 0 Å². The van der Waals surface area contributed by atoms with Crippen LogP contribution in [0.2, 0.25) is 0 Å². The SMILES string of the molecule is CC(C)S(=O)(=O)c1ccccc1C(=O)N1CCC2CCC(C1)N2.Cl. The van der Waals surface area contributed by atoms with Crippen molar-refractivity contribution in [2.24, 2.45) is 0 Å². The number of nitrogens with one attached hydrogen (secondary N) is 1. The van der Waals surface area contributed by atoms with Crippen molar-refractivity contribution in [3.63, 3.8) is 0 Å². The van der Waals surface area contributed by atoms with Gasteiger partial charge in [0.1, 0.15) is 0 Å². The van der Waals surface area contributed by atoms with E-state index in [0.717, 1.165) is 12.8 Å². The summed E-state index contributed by atoms with van der Waals surface area (Å²) in [7, 11) is -3.47.